The summed E-state index contributed by atoms with van der Waals surface area (Å²) in [5.41, 5.74) is 3.08. The third-order valence-corrected chi connectivity index (χ3v) is 4.35. The molecule has 0 saturated heterocycles. The van der Waals surface area contributed by atoms with Gasteiger partial charge < -0.3 is 9.88 Å². The fraction of sp³-hybridized carbons (Fsp3) is 0.143. The van der Waals surface area contributed by atoms with Crippen LogP contribution in [0, 0.1) is 5.82 Å². The van der Waals surface area contributed by atoms with Crippen molar-refractivity contribution in [1.29, 1.82) is 0 Å². The maximum absolute atomic E-state index is 13.7. The van der Waals surface area contributed by atoms with Crippen molar-refractivity contribution in [2.45, 2.75) is 6.42 Å². The zero-order chi connectivity index (χ0) is 19.3. The number of nitrogens with zero attached hydrogens (tertiary/aromatic N) is 5. The van der Waals surface area contributed by atoms with Crippen LogP contribution in [0.15, 0.2) is 67.3 Å². The Labute approximate surface area is 162 Å². The molecule has 6 nitrogen and oxygen atoms in total. The van der Waals surface area contributed by atoms with Crippen LogP contribution in [-0.4, -0.2) is 31.0 Å². The lowest BCUT2D eigenvalue weighted by Gasteiger charge is -2.12. The first-order valence-corrected chi connectivity index (χ1v) is 8.95. The fourth-order valence-electron chi connectivity index (χ4n) is 2.95. The van der Waals surface area contributed by atoms with Gasteiger partial charge in [0.25, 0.3) is 0 Å². The SMILES string of the molecule is Cn1ccnc1-c1nc(NCCc2ccccn2)ncc1-c1cccc(F)c1. The molecule has 4 aromatic rings. The third-order valence-electron chi connectivity index (χ3n) is 4.35. The fourth-order valence-corrected chi connectivity index (χ4v) is 2.95. The van der Waals surface area contributed by atoms with E-state index in [1.54, 1.807) is 24.7 Å². The van der Waals surface area contributed by atoms with E-state index in [-0.39, 0.29) is 5.82 Å². The molecule has 1 aromatic carbocycles. The quantitative estimate of drug-likeness (QED) is 0.557. The Balaban J connectivity index is 1.64. The predicted octanol–water partition coefficient (Wildman–Crippen LogP) is 3.73. The number of imidazole rings is 1. The molecule has 0 spiro atoms. The Morgan fingerprint density at radius 2 is 1.96 bits per heavy atom. The van der Waals surface area contributed by atoms with Crippen molar-refractivity contribution in [1.82, 2.24) is 24.5 Å². The van der Waals surface area contributed by atoms with Crippen LogP contribution < -0.4 is 5.32 Å². The maximum Gasteiger partial charge on any atom is 0.223 e. The van der Waals surface area contributed by atoms with Gasteiger partial charge in [0, 0.05) is 56.1 Å². The molecular weight excluding hydrogens is 355 g/mol. The molecule has 0 aliphatic rings. The number of halogens is 1. The molecule has 3 aromatic heterocycles. The number of hydrogen-bond donors (Lipinski definition) is 1. The summed E-state index contributed by atoms with van der Waals surface area (Å²) >= 11 is 0. The van der Waals surface area contributed by atoms with Gasteiger partial charge in [-0.05, 0) is 29.8 Å². The van der Waals surface area contributed by atoms with E-state index in [0.717, 1.165) is 17.7 Å². The third kappa shape index (κ3) is 3.88. The van der Waals surface area contributed by atoms with E-state index in [9.17, 15) is 4.39 Å². The highest BCUT2D eigenvalue weighted by molar-refractivity contribution is 5.78. The number of anilines is 1. The molecule has 140 valence electrons. The largest absolute Gasteiger partial charge is 0.354 e. The Morgan fingerprint density at radius 1 is 1.04 bits per heavy atom. The molecule has 1 N–H and O–H groups in total. The summed E-state index contributed by atoms with van der Waals surface area (Å²) < 4.78 is 15.6. The normalized spacial score (nSPS) is 10.8. The standard InChI is InChI=1S/C21H19FN6/c1-28-12-11-24-20(28)19-18(15-5-4-6-16(22)13-15)14-26-21(27-19)25-10-8-17-7-2-3-9-23-17/h2-7,9,11-14H,8,10H2,1H3,(H,25,26,27). The van der Waals surface area contributed by atoms with E-state index in [1.807, 2.05) is 42.1 Å². The van der Waals surface area contributed by atoms with Crippen molar-refractivity contribution in [3.05, 3.63) is 78.8 Å². The van der Waals surface area contributed by atoms with Crippen LogP contribution in [-0.2, 0) is 13.5 Å². The minimum Gasteiger partial charge on any atom is -0.354 e. The van der Waals surface area contributed by atoms with Crippen molar-refractivity contribution in [2.24, 2.45) is 7.05 Å². The molecule has 3 heterocycles. The molecule has 0 amide bonds. The van der Waals surface area contributed by atoms with Crippen LogP contribution in [0.2, 0.25) is 0 Å². The Bertz CT molecular complexity index is 1080. The van der Waals surface area contributed by atoms with Crippen molar-refractivity contribution in [3.63, 3.8) is 0 Å². The molecule has 0 aliphatic heterocycles. The van der Waals surface area contributed by atoms with Crippen LogP contribution in [0.3, 0.4) is 0 Å². The summed E-state index contributed by atoms with van der Waals surface area (Å²) in [5.74, 6) is 0.879. The van der Waals surface area contributed by atoms with Gasteiger partial charge in [-0.2, -0.15) is 0 Å². The van der Waals surface area contributed by atoms with Crippen LogP contribution >= 0.6 is 0 Å². The monoisotopic (exact) mass is 374 g/mol. The zero-order valence-corrected chi connectivity index (χ0v) is 15.4. The van der Waals surface area contributed by atoms with E-state index in [4.69, 9.17) is 0 Å². The molecule has 0 aliphatic carbocycles. The number of hydrogen-bond acceptors (Lipinski definition) is 5. The molecule has 0 radical (unpaired) electrons. The first-order chi connectivity index (χ1) is 13.7. The molecule has 0 fully saturated rings. The van der Waals surface area contributed by atoms with Crippen LogP contribution in [0.4, 0.5) is 10.3 Å². The van der Waals surface area contributed by atoms with Gasteiger partial charge >= 0.3 is 0 Å². The van der Waals surface area contributed by atoms with Gasteiger partial charge in [0.1, 0.15) is 11.5 Å². The van der Waals surface area contributed by atoms with E-state index >= 15 is 0 Å². The van der Waals surface area contributed by atoms with Crippen LogP contribution in [0.5, 0.6) is 0 Å². The number of aromatic nitrogens is 5. The summed E-state index contributed by atoms with van der Waals surface area (Å²) in [7, 11) is 1.90. The van der Waals surface area contributed by atoms with Crippen LogP contribution in [0.1, 0.15) is 5.69 Å². The lowest BCUT2D eigenvalue weighted by Crippen LogP contribution is -2.10. The highest BCUT2D eigenvalue weighted by atomic mass is 19.1. The minimum atomic E-state index is -0.305. The van der Waals surface area contributed by atoms with E-state index in [2.05, 4.69) is 25.3 Å². The first kappa shape index (κ1) is 17.8. The second kappa shape index (κ2) is 7.96. The number of pyridine rings is 1. The molecule has 0 saturated carbocycles. The summed E-state index contributed by atoms with van der Waals surface area (Å²) in [5, 5.41) is 3.23. The van der Waals surface area contributed by atoms with E-state index < -0.39 is 0 Å². The Hall–Kier alpha value is -3.61. The lowest BCUT2D eigenvalue weighted by molar-refractivity contribution is 0.628. The summed E-state index contributed by atoms with van der Waals surface area (Å²) in [4.78, 5) is 17.8. The second-order valence-corrected chi connectivity index (χ2v) is 6.33. The number of rotatable bonds is 6. The smallest absolute Gasteiger partial charge is 0.223 e. The van der Waals surface area contributed by atoms with Gasteiger partial charge in [-0.3, -0.25) is 4.98 Å². The van der Waals surface area contributed by atoms with Crippen molar-refractivity contribution in [2.75, 3.05) is 11.9 Å². The van der Waals surface area contributed by atoms with Gasteiger partial charge in [0.05, 0.1) is 0 Å². The number of aryl methyl sites for hydroxylation is 1. The number of nitrogens with one attached hydrogen (secondary N) is 1. The van der Waals surface area contributed by atoms with Crippen LogP contribution in [0.25, 0.3) is 22.6 Å². The van der Waals surface area contributed by atoms with Gasteiger partial charge in [-0.25, -0.2) is 19.3 Å². The van der Waals surface area contributed by atoms with Gasteiger partial charge in [-0.1, -0.05) is 18.2 Å². The van der Waals surface area contributed by atoms with Gasteiger partial charge in [-0.15, -0.1) is 0 Å². The average molecular weight is 374 g/mol. The summed E-state index contributed by atoms with van der Waals surface area (Å²) in [6, 6.07) is 12.2. The zero-order valence-electron chi connectivity index (χ0n) is 15.4. The maximum atomic E-state index is 13.7. The molecule has 7 heteroatoms. The van der Waals surface area contributed by atoms with Crippen molar-refractivity contribution < 1.29 is 4.39 Å². The average Bonchev–Trinajstić information content (AvgIpc) is 3.14. The highest BCUT2D eigenvalue weighted by Gasteiger charge is 2.15. The highest BCUT2D eigenvalue weighted by Crippen LogP contribution is 2.30. The molecule has 0 unspecified atom stereocenters. The Kier molecular flexibility index (Phi) is 5.05. The number of benzene rings is 1. The van der Waals surface area contributed by atoms with Gasteiger partial charge in [0.15, 0.2) is 5.82 Å². The molecule has 4 rings (SSSR count). The molecule has 0 bridgehead atoms. The molecular formula is C21H19FN6. The minimum absolute atomic E-state index is 0.305. The second-order valence-electron chi connectivity index (χ2n) is 6.33. The summed E-state index contributed by atoms with van der Waals surface area (Å²) in [6.07, 6.45) is 7.79. The first-order valence-electron chi connectivity index (χ1n) is 8.95. The Morgan fingerprint density at radius 3 is 2.71 bits per heavy atom. The lowest BCUT2D eigenvalue weighted by atomic mass is 10.1. The van der Waals surface area contributed by atoms with E-state index in [0.29, 0.717) is 29.6 Å². The van der Waals surface area contributed by atoms with Gasteiger partial charge in [0.2, 0.25) is 5.95 Å². The van der Waals surface area contributed by atoms with Crippen molar-refractivity contribution >= 4 is 5.95 Å². The molecule has 0 atom stereocenters. The topological polar surface area (TPSA) is 68.5 Å². The van der Waals surface area contributed by atoms with Crippen molar-refractivity contribution in [3.8, 4) is 22.6 Å². The molecule has 28 heavy (non-hydrogen) atoms. The van der Waals surface area contributed by atoms with E-state index in [1.165, 1.54) is 12.1 Å². The predicted molar refractivity (Wildman–Crippen MR) is 106 cm³/mol. The summed E-state index contributed by atoms with van der Waals surface area (Å²) in [6.45, 7) is 0.649.